The highest BCUT2D eigenvalue weighted by Crippen LogP contribution is 2.19. The van der Waals surface area contributed by atoms with Crippen molar-refractivity contribution in [2.24, 2.45) is 0 Å². The van der Waals surface area contributed by atoms with Gasteiger partial charge in [-0.25, -0.2) is 8.42 Å². The van der Waals surface area contributed by atoms with Gasteiger partial charge in [-0.1, -0.05) is 17.6 Å². The molecule has 12 heavy (non-hydrogen) atoms. The van der Waals surface area contributed by atoms with Gasteiger partial charge < -0.3 is 0 Å². The van der Waals surface area contributed by atoms with E-state index < -0.39 is 9.84 Å². The Balaban J connectivity index is 3.39. The lowest BCUT2D eigenvalue weighted by atomic mass is 9.97. The highest BCUT2D eigenvalue weighted by molar-refractivity contribution is 9.10. The third kappa shape index (κ3) is 2.11. The number of sulfone groups is 1. The molecule has 5 heteroatoms. The second-order valence-electron chi connectivity index (χ2n) is 2.46. The van der Waals surface area contributed by atoms with Crippen LogP contribution in [0.4, 0.5) is 0 Å². The lowest BCUT2D eigenvalue weighted by Crippen LogP contribution is -2.05. The zero-order chi connectivity index (χ0) is 9.35. The molecule has 0 aliphatic rings. The third-order valence-electron chi connectivity index (χ3n) is 1.36. The van der Waals surface area contributed by atoms with Gasteiger partial charge in [0, 0.05) is 10.7 Å². The summed E-state index contributed by atoms with van der Waals surface area (Å²) in [6.07, 6.45) is 1.16. The molecule has 0 N–H and O–H groups in total. The highest BCUT2D eigenvalue weighted by Gasteiger charge is 2.10. The van der Waals surface area contributed by atoms with Crippen molar-refractivity contribution in [1.29, 1.82) is 0 Å². The number of benzene rings is 1. The zero-order valence-electron chi connectivity index (χ0n) is 6.41. The Labute approximate surface area is 81.4 Å². The van der Waals surface area contributed by atoms with Crippen molar-refractivity contribution in [3.05, 3.63) is 22.7 Å². The van der Waals surface area contributed by atoms with Gasteiger partial charge in [0.1, 0.15) is 7.85 Å². The topological polar surface area (TPSA) is 34.1 Å². The van der Waals surface area contributed by atoms with Crippen molar-refractivity contribution >= 4 is 39.1 Å². The van der Waals surface area contributed by atoms with E-state index in [0.717, 1.165) is 6.26 Å². The molecule has 0 heterocycles. The standard InChI is InChI=1S/C7H6BBrO2S/c1-12(10,11)7-3-2-5(8)4-6(7)9/h2-4H,1H3. The molecular formula is C7H6BBrO2S. The first kappa shape index (κ1) is 9.80. The largest absolute Gasteiger partial charge is 0.224 e. The van der Waals surface area contributed by atoms with Crippen LogP contribution in [0.15, 0.2) is 27.6 Å². The minimum Gasteiger partial charge on any atom is -0.224 e. The maximum atomic E-state index is 11.1. The van der Waals surface area contributed by atoms with Crippen LogP contribution in [-0.4, -0.2) is 22.5 Å². The molecule has 0 aliphatic heterocycles. The first-order valence-electron chi connectivity index (χ1n) is 3.16. The van der Waals surface area contributed by atoms with E-state index in [2.05, 4.69) is 15.9 Å². The van der Waals surface area contributed by atoms with Crippen LogP contribution in [0.3, 0.4) is 0 Å². The Morgan fingerprint density at radius 3 is 2.42 bits per heavy atom. The summed E-state index contributed by atoms with van der Waals surface area (Å²) in [5.74, 6) is 0. The fourth-order valence-corrected chi connectivity index (χ4v) is 2.82. The van der Waals surface area contributed by atoms with Crippen molar-refractivity contribution in [2.75, 3.05) is 6.26 Å². The average molecular weight is 245 g/mol. The van der Waals surface area contributed by atoms with Crippen LogP contribution in [0.25, 0.3) is 0 Å². The fraction of sp³-hybridized carbons (Fsp3) is 0.143. The van der Waals surface area contributed by atoms with E-state index >= 15 is 0 Å². The molecule has 0 unspecified atom stereocenters. The molecule has 1 rings (SSSR count). The third-order valence-corrected chi connectivity index (χ3v) is 3.43. The van der Waals surface area contributed by atoms with E-state index in [0.29, 0.717) is 9.94 Å². The van der Waals surface area contributed by atoms with Gasteiger partial charge in [0.25, 0.3) is 0 Å². The van der Waals surface area contributed by atoms with E-state index in [9.17, 15) is 8.42 Å². The smallest absolute Gasteiger partial charge is 0.176 e. The summed E-state index contributed by atoms with van der Waals surface area (Å²) in [6, 6.07) is 4.60. The molecule has 1 aromatic rings. The summed E-state index contributed by atoms with van der Waals surface area (Å²) < 4.78 is 22.7. The first-order chi connectivity index (χ1) is 5.41. The molecule has 2 nitrogen and oxygen atoms in total. The van der Waals surface area contributed by atoms with Gasteiger partial charge >= 0.3 is 0 Å². The molecule has 0 aliphatic carbocycles. The second-order valence-corrected chi connectivity index (χ2v) is 5.30. The van der Waals surface area contributed by atoms with E-state index in [1.54, 1.807) is 12.1 Å². The van der Waals surface area contributed by atoms with E-state index in [1.165, 1.54) is 6.07 Å². The highest BCUT2D eigenvalue weighted by atomic mass is 79.9. The summed E-state index contributed by atoms with van der Waals surface area (Å²) in [4.78, 5) is 0.261. The van der Waals surface area contributed by atoms with Crippen molar-refractivity contribution in [1.82, 2.24) is 0 Å². The first-order valence-corrected chi connectivity index (χ1v) is 5.85. The monoisotopic (exact) mass is 244 g/mol. The van der Waals surface area contributed by atoms with Crippen LogP contribution < -0.4 is 5.46 Å². The van der Waals surface area contributed by atoms with Gasteiger partial charge in [-0.3, -0.25) is 0 Å². The molecule has 0 bridgehead atoms. The van der Waals surface area contributed by atoms with Crippen LogP contribution in [-0.2, 0) is 9.84 Å². The van der Waals surface area contributed by atoms with E-state index in [-0.39, 0.29) is 4.90 Å². The van der Waals surface area contributed by atoms with Crippen molar-refractivity contribution in [3.63, 3.8) is 0 Å². The lowest BCUT2D eigenvalue weighted by molar-refractivity contribution is 0.601. The summed E-state index contributed by atoms with van der Waals surface area (Å²) in [5, 5.41) is 0. The molecule has 0 saturated carbocycles. The summed E-state index contributed by atoms with van der Waals surface area (Å²) in [5.41, 5.74) is 0.536. The summed E-state index contributed by atoms with van der Waals surface area (Å²) >= 11 is 3.12. The van der Waals surface area contributed by atoms with Gasteiger partial charge in [-0.2, -0.15) is 0 Å². The number of hydrogen-bond acceptors (Lipinski definition) is 2. The Bertz CT molecular complexity index is 400. The molecule has 0 spiro atoms. The van der Waals surface area contributed by atoms with Gasteiger partial charge in [0.2, 0.25) is 0 Å². The van der Waals surface area contributed by atoms with Crippen LogP contribution in [0.2, 0.25) is 0 Å². The molecule has 62 valence electrons. The predicted molar refractivity (Wildman–Crippen MR) is 52.6 cm³/mol. The van der Waals surface area contributed by atoms with Gasteiger partial charge in [0.05, 0.1) is 4.90 Å². The molecule has 2 radical (unpaired) electrons. The second kappa shape index (κ2) is 3.22. The van der Waals surface area contributed by atoms with Crippen LogP contribution in [0.5, 0.6) is 0 Å². The minimum absolute atomic E-state index is 0.261. The van der Waals surface area contributed by atoms with Gasteiger partial charge in [-0.05, 0) is 22.0 Å². The van der Waals surface area contributed by atoms with Crippen LogP contribution in [0, 0.1) is 0 Å². The van der Waals surface area contributed by atoms with E-state index in [1.807, 2.05) is 0 Å². The number of halogens is 1. The average Bonchev–Trinajstić information content (AvgIpc) is 1.83. The van der Waals surface area contributed by atoms with Crippen LogP contribution >= 0.6 is 15.9 Å². The Hall–Kier alpha value is -0.285. The predicted octanol–water partition coefficient (Wildman–Crippen LogP) is 0.646. The quantitative estimate of drug-likeness (QED) is 0.680. The van der Waals surface area contributed by atoms with Crippen LogP contribution in [0.1, 0.15) is 0 Å². The fourth-order valence-electron chi connectivity index (χ4n) is 0.818. The molecule has 0 fully saturated rings. The van der Waals surface area contributed by atoms with Crippen molar-refractivity contribution < 1.29 is 8.42 Å². The molecule has 0 aromatic heterocycles. The van der Waals surface area contributed by atoms with Crippen molar-refractivity contribution in [3.8, 4) is 0 Å². The lowest BCUT2D eigenvalue weighted by Gasteiger charge is -2.02. The zero-order valence-corrected chi connectivity index (χ0v) is 8.81. The normalized spacial score (nSPS) is 11.5. The maximum absolute atomic E-state index is 11.1. The number of rotatable bonds is 1. The van der Waals surface area contributed by atoms with E-state index in [4.69, 9.17) is 7.85 Å². The molecule has 0 saturated heterocycles. The van der Waals surface area contributed by atoms with Gasteiger partial charge in [0.15, 0.2) is 9.84 Å². The van der Waals surface area contributed by atoms with Crippen molar-refractivity contribution in [2.45, 2.75) is 4.90 Å². The Morgan fingerprint density at radius 1 is 1.42 bits per heavy atom. The number of hydrogen-bond donors (Lipinski definition) is 0. The Morgan fingerprint density at radius 2 is 2.00 bits per heavy atom. The Kier molecular flexibility index (Phi) is 2.63. The molecule has 0 atom stereocenters. The molecule has 0 amide bonds. The van der Waals surface area contributed by atoms with Gasteiger partial charge in [-0.15, -0.1) is 0 Å². The molecule has 1 aromatic carbocycles. The summed E-state index contributed by atoms with van der Waals surface area (Å²) in [7, 11) is 2.29. The minimum atomic E-state index is -3.15. The summed E-state index contributed by atoms with van der Waals surface area (Å²) in [6.45, 7) is 0. The maximum Gasteiger partial charge on any atom is 0.176 e. The SMILES string of the molecule is [B]c1ccc(S(C)(=O)=O)c(Br)c1. The molecular weight excluding hydrogens is 239 g/mol.